The normalized spacial score (nSPS) is 21.4. The van der Waals surface area contributed by atoms with Gasteiger partial charge in [-0.2, -0.15) is 13.2 Å². The molecule has 8 heteroatoms. The second kappa shape index (κ2) is 9.49. The molecule has 1 saturated heterocycles. The van der Waals surface area contributed by atoms with Crippen LogP contribution in [0.5, 0.6) is 5.75 Å². The predicted molar refractivity (Wildman–Crippen MR) is 104 cm³/mol. The second-order valence-corrected chi connectivity index (χ2v) is 7.45. The lowest BCUT2D eigenvalue weighted by Crippen LogP contribution is -2.45. The topological polar surface area (TPSA) is 48.9 Å². The number of hydrogen-bond donors (Lipinski definition) is 2. The number of aliphatic imine (C=N–C) groups is 1. The van der Waals surface area contributed by atoms with Gasteiger partial charge in [0.15, 0.2) is 5.96 Å². The van der Waals surface area contributed by atoms with Crippen molar-refractivity contribution in [1.29, 1.82) is 0 Å². The molecule has 1 unspecified atom stereocenters. The van der Waals surface area contributed by atoms with Crippen LogP contribution < -0.4 is 15.4 Å². The number of guanidine groups is 1. The minimum atomic E-state index is -4.16. The predicted octanol–water partition coefficient (Wildman–Crippen LogP) is 3.31. The van der Waals surface area contributed by atoms with Crippen LogP contribution in [0.2, 0.25) is 0 Å². The molecule has 2 aliphatic rings. The number of rotatable bonds is 7. The number of alkyl halides is 3. The molecule has 0 bridgehead atoms. The molecule has 1 atom stereocenters. The molecule has 0 amide bonds. The van der Waals surface area contributed by atoms with E-state index in [2.05, 4.69) is 15.6 Å². The van der Waals surface area contributed by atoms with Crippen molar-refractivity contribution in [2.45, 2.75) is 57.5 Å². The van der Waals surface area contributed by atoms with Gasteiger partial charge < -0.3 is 15.4 Å². The maximum Gasteiger partial charge on any atom is 0.401 e. The van der Waals surface area contributed by atoms with Crippen LogP contribution in [-0.4, -0.2) is 55.4 Å². The SMILES string of the molecule is CCNC(=NCc1ccccc1OC1CCC1)NC1CCN(CC(F)(F)F)C1. The third-order valence-electron chi connectivity index (χ3n) is 5.09. The van der Waals surface area contributed by atoms with Crippen molar-refractivity contribution in [1.82, 2.24) is 15.5 Å². The second-order valence-electron chi connectivity index (χ2n) is 7.45. The molecular weight excluding hydrogens is 369 g/mol. The lowest BCUT2D eigenvalue weighted by Gasteiger charge is -2.27. The van der Waals surface area contributed by atoms with Crippen molar-refractivity contribution in [3.63, 3.8) is 0 Å². The molecule has 1 heterocycles. The Bertz CT molecular complexity index is 661. The zero-order valence-corrected chi connectivity index (χ0v) is 16.3. The highest BCUT2D eigenvalue weighted by Crippen LogP contribution is 2.28. The number of para-hydroxylation sites is 1. The van der Waals surface area contributed by atoms with Gasteiger partial charge in [-0.05, 0) is 38.7 Å². The van der Waals surface area contributed by atoms with Gasteiger partial charge in [-0.3, -0.25) is 4.90 Å². The van der Waals surface area contributed by atoms with Crippen molar-refractivity contribution < 1.29 is 17.9 Å². The third-order valence-corrected chi connectivity index (χ3v) is 5.09. The average Bonchev–Trinajstić information content (AvgIpc) is 3.02. The summed E-state index contributed by atoms with van der Waals surface area (Å²) >= 11 is 0. The van der Waals surface area contributed by atoms with Crippen molar-refractivity contribution in [2.75, 3.05) is 26.2 Å². The molecular formula is C20H29F3N4O. The highest BCUT2D eigenvalue weighted by molar-refractivity contribution is 5.80. The number of benzene rings is 1. The summed E-state index contributed by atoms with van der Waals surface area (Å²) < 4.78 is 43.8. The van der Waals surface area contributed by atoms with Crippen LogP contribution in [0.4, 0.5) is 13.2 Å². The Morgan fingerprint density at radius 1 is 1.25 bits per heavy atom. The summed E-state index contributed by atoms with van der Waals surface area (Å²) in [5.41, 5.74) is 1.01. The zero-order valence-electron chi connectivity index (χ0n) is 16.3. The van der Waals surface area contributed by atoms with Gasteiger partial charge in [0, 0.05) is 31.2 Å². The first kappa shape index (κ1) is 20.8. The molecule has 1 aromatic carbocycles. The highest BCUT2D eigenvalue weighted by Gasteiger charge is 2.34. The molecule has 0 spiro atoms. The summed E-state index contributed by atoms with van der Waals surface area (Å²) in [6.07, 6.45) is 0.219. The largest absolute Gasteiger partial charge is 0.490 e. The molecule has 2 N–H and O–H groups in total. The van der Waals surface area contributed by atoms with Gasteiger partial charge in [0.1, 0.15) is 5.75 Å². The first-order valence-electron chi connectivity index (χ1n) is 10.0. The van der Waals surface area contributed by atoms with E-state index in [1.807, 2.05) is 31.2 Å². The van der Waals surface area contributed by atoms with Crippen LogP contribution >= 0.6 is 0 Å². The molecule has 156 valence electrons. The molecule has 1 aliphatic heterocycles. The monoisotopic (exact) mass is 398 g/mol. The number of halogens is 3. The summed E-state index contributed by atoms with van der Waals surface area (Å²) in [4.78, 5) is 6.07. The standard InChI is InChI=1S/C20H29F3N4O/c1-2-24-19(26-16-10-11-27(13-16)14-20(21,22)23)25-12-15-6-3-4-9-18(15)28-17-7-5-8-17/h3-4,6,9,16-17H,2,5,7-8,10-14H2,1H3,(H2,24,25,26). The first-order valence-corrected chi connectivity index (χ1v) is 10.0. The number of nitrogens with zero attached hydrogens (tertiary/aromatic N) is 2. The van der Waals surface area contributed by atoms with Gasteiger partial charge in [-0.1, -0.05) is 18.2 Å². The lowest BCUT2D eigenvalue weighted by atomic mass is 9.96. The summed E-state index contributed by atoms with van der Waals surface area (Å²) in [5, 5.41) is 6.46. The lowest BCUT2D eigenvalue weighted by molar-refractivity contribution is -0.143. The van der Waals surface area contributed by atoms with E-state index in [4.69, 9.17) is 4.74 Å². The zero-order chi connectivity index (χ0) is 20.0. The van der Waals surface area contributed by atoms with E-state index in [0.29, 0.717) is 44.7 Å². The van der Waals surface area contributed by atoms with E-state index in [0.717, 1.165) is 24.2 Å². The number of nitrogens with one attached hydrogen (secondary N) is 2. The van der Waals surface area contributed by atoms with Gasteiger partial charge in [0.25, 0.3) is 0 Å². The van der Waals surface area contributed by atoms with Crippen LogP contribution in [0, 0.1) is 0 Å². The van der Waals surface area contributed by atoms with Crippen LogP contribution in [0.3, 0.4) is 0 Å². The van der Waals surface area contributed by atoms with Crippen molar-refractivity contribution in [3.8, 4) is 5.75 Å². The van der Waals surface area contributed by atoms with Crippen LogP contribution in [0.1, 0.15) is 38.2 Å². The molecule has 5 nitrogen and oxygen atoms in total. The van der Waals surface area contributed by atoms with Crippen molar-refractivity contribution in [2.24, 2.45) is 4.99 Å². The molecule has 2 fully saturated rings. The van der Waals surface area contributed by atoms with Gasteiger partial charge in [-0.15, -0.1) is 0 Å². The molecule has 1 aromatic rings. The quantitative estimate of drug-likeness (QED) is 0.547. The van der Waals surface area contributed by atoms with E-state index < -0.39 is 12.7 Å². The van der Waals surface area contributed by atoms with E-state index >= 15 is 0 Å². The summed E-state index contributed by atoms with van der Waals surface area (Å²) in [7, 11) is 0. The Hall–Kier alpha value is -1.96. The highest BCUT2D eigenvalue weighted by atomic mass is 19.4. The molecule has 0 radical (unpaired) electrons. The Morgan fingerprint density at radius 2 is 2.04 bits per heavy atom. The van der Waals surface area contributed by atoms with E-state index in [1.165, 1.54) is 11.3 Å². The van der Waals surface area contributed by atoms with Gasteiger partial charge in [-0.25, -0.2) is 4.99 Å². The van der Waals surface area contributed by atoms with Crippen molar-refractivity contribution in [3.05, 3.63) is 29.8 Å². The first-order chi connectivity index (χ1) is 13.4. The number of likely N-dealkylation sites (tertiary alicyclic amines) is 1. The Morgan fingerprint density at radius 3 is 2.71 bits per heavy atom. The maximum absolute atomic E-state index is 12.6. The third kappa shape index (κ3) is 6.29. The van der Waals surface area contributed by atoms with Gasteiger partial charge in [0.2, 0.25) is 0 Å². The summed E-state index contributed by atoms with van der Waals surface area (Å²) in [6.45, 7) is 3.06. The van der Waals surface area contributed by atoms with E-state index in [9.17, 15) is 13.2 Å². The Balaban J connectivity index is 1.57. The van der Waals surface area contributed by atoms with Crippen LogP contribution in [0.15, 0.2) is 29.3 Å². The molecule has 3 rings (SSSR count). The van der Waals surface area contributed by atoms with Crippen molar-refractivity contribution >= 4 is 5.96 Å². The Kier molecular flexibility index (Phi) is 7.04. The molecule has 1 aliphatic carbocycles. The van der Waals surface area contributed by atoms with Gasteiger partial charge >= 0.3 is 6.18 Å². The molecule has 28 heavy (non-hydrogen) atoms. The van der Waals surface area contributed by atoms with E-state index in [-0.39, 0.29) is 6.04 Å². The molecule has 0 aromatic heterocycles. The number of ether oxygens (including phenoxy) is 1. The number of hydrogen-bond acceptors (Lipinski definition) is 3. The molecule has 1 saturated carbocycles. The van der Waals surface area contributed by atoms with E-state index in [1.54, 1.807) is 0 Å². The van der Waals surface area contributed by atoms with Crippen LogP contribution in [-0.2, 0) is 6.54 Å². The fraction of sp³-hybridized carbons (Fsp3) is 0.650. The fourth-order valence-electron chi connectivity index (χ4n) is 3.44. The minimum absolute atomic E-state index is 0.0402. The smallest absolute Gasteiger partial charge is 0.401 e. The maximum atomic E-state index is 12.6. The Labute approximate surface area is 164 Å². The summed E-state index contributed by atoms with van der Waals surface area (Å²) in [6, 6.07) is 7.85. The van der Waals surface area contributed by atoms with Crippen LogP contribution in [0.25, 0.3) is 0 Å². The average molecular weight is 398 g/mol. The minimum Gasteiger partial charge on any atom is -0.490 e. The summed E-state index contributed by atoms with van der Waals surface area (Å²) in [5.74, 6) is 1.49. The fourth-order valence-corrected chi connectivity index (χ4v) is 3.44. The van der Waals surface area contributed by atoms with Gasteiger partial charge in [0.05, 0.1) is 19.2 Å².